The number of nitrogens with zero attached hydrogens (tertiary/aromatic N) is 2. The number of hydrogen-bond acceptors (Lipinski definition) is 4. The molecule has 21 heavy (non-hydrogen) atoms. The van der Waals surface area contributed by atoms with Gasteiger partial charge in [-0.25, -0.2) is 0 Å². The SMILES string of the molecule is CP(C)(=O)c1ccccc1Nc1nc(Cl)nc2[nH]ccc12. The second-order valence-corrected chi connectivity index (χ2v) is 8.60. The van der Waals surface area contributed by atoms with Gasteiger partial charge in [-0.3, -0.25) is 0 Å². The normalized spacial score (nSPS) is 11.8. The Kier molecular flexibility index (Phi) is 3.47. The van der Waals surface area contributed by atoms with Crippen LogP contribution in [0.25, 0.3) is 11.0 Å². The van der Waals surface area contributed by atoms with Crippen LogP contribution in [0.2, 0.25) is 5.28 Å². The van der Waals surface area contributed by atoms with Gasteiger partial charge in [0, 0.05) is 11.5 Å². The third kappa shape index (κ3) is 2.80. The van der Waals surface area contributed by atoms with E-state index in [2.05, 4.69) is 20.3 Å². The first-order chi connectivity index (χ1) is 9.95. The highest BCUT2D eigenvalue weighted by Crippen LogP contribution is 2.38. The van der Waals surface area contributed by atoms with E-state index in [1.54, 1.807) is 19.5 Å². The third-order valence-electron chi connectivity index (χ3n) is 3.13. The molecule has 108 valence electrons. The summed E-state index contributed by atoms with van der Waals surface area (Å²) in [5.74, 6) is 0.590. The Bertz CT molecular complexity index is 855. The highest BCUT2D eigenvalue weighted by molar-refractivity contribution is 7.70. The molecule has 0 unspecified atom stereocenters. The average Bonchev–Trinajstić information content (AvgIpc) is 2.86. The minimum Gasteiger partial charge on any atom is -0.346 e. The summed E-state index contributed by atoms with van der Waals surface area (Å²) in [6.07, 6.45) is 1.78. The second-order valence-electron chi connectivity index (χ2n) is 5.07. The Hall–Kier alpha value is -1.84. The van der Waals surface area contributed by atoms with Crippen LogP contribution in [0.3, 0.4) is 0 Å². The van der Waals surface area contributed by atoms with E-state index in [0.717, 1.165) is 16.4 Å². The van der Waals surface area contributed by atoms with Crippen LogP contribution < -0.4 is 10.6 Å². The summed E-state index contributed by atoms with van der Waals surface area (Å²) in [6, 6.07) is 9.37. The lowest BCUT2D eigenvalue weighted by Crippen LogP contribution is -2.10. The lowest BCUT2D eigenvalue weighted by Gasteiger charge is -2.15. The first-order valence-corrected chi connectivity index (χ1v) is 9.35. The molecule has 2 aromatic heterocycles. The zero-order valence-electron chi connectivity index (χ0n) is 11.6. The van der Waals surface area contributed by atoms with Gasteiger partial charge in [0.1, 0.15) is 18.6 Å². The number of aromatic amines is 1. The maximum absolute atomic E-state index is 12.4. The van der Waals surface area contributed by atoms with Gasteiger partial charge in [0.25, 0.3) is 0 Å². The molecule has 2 N–H and O–H groups in total. The van der Waals surface area contributed by atoms with Crippen LogP contribution in [-0.4, -0.2) is 28.3 Å². The van der Waals surface area contributed by atoms with E-state index < -0.39 is 7.14 Å². The molecular weight excluding hydrogens is 307 g/mol. The molecule has 0 bridgehead atoms. The lowest BCUT2D eigenvalue weighted by molar-refractivity contribution is 0.588. The fourth-order valence-corrected chi connectivity index (χ4v) is 3.51. The number of hydrogen-bond donors (Lipinski definition) is 2. The third-order valence-corrected chi connectivity index (χ3v) is 4.85. The number of halogens is 1. The molecule has 3 rings (SSSR count). The van der Waals surface area contributed by atoms with Gasteiger partial charge in [-0.05, 0) is 43.1 Å². The summed E-state index contributed by atoms with van der Waals surface area (Å²) in [6.45, 7) is 3.48. The lowest BCUT2D eigenvalue weighted by atomic mass is 10.3. The second kappa shape index (κ2) is 5.17. The van der Waals surface area contributed by atoms with E-state index >= 15 is 0 Å². The molecule has 0 saturated heterocycles. The van der Waals surface area contributed by atoms with Crippen molar-refractivity contribution in [2.75, 3.05) is 18.6 Å². The molecule has 0 atom stereocenters. The molecule has 0 aliphatic rings. The average molecular weight is 321 g/mol. The van der Waals surface area contributed by atoms with E-state index in [1.807, 2.05) is 30.3 Å². The number of aromatic nitrogens is 3. The van der Waals surface area contributed by atoms with Crippen molar-refractivity contribution in [1.29, 1.82) is 0 Å². The van der Waals surface area contributed by atoms with Gasteiger partial charge in [-0.2, -0.15) is 9.97 Å². The Morgan fingerprint density at radius 1 is 1.19 bits per heavy atom. The van der Waals surface area contributed by atoms with Crippen molar-refractivity contribution in [1.82, 2.24) is 15.0 Å². The highest BCUT2D eigenvalue weighted by Gasteiger charge is 2.17. The molecule has 0 spiro atoms. The number of nitrogens with one attached hydrogen (secondary N) is 2. The monoisotopic (exact) mass is 320 g/mol. The van der Waals surface area contributed by atoms with Crippen molar-refractivity contribution in [2.24, 2.45) is 0 Å². The molecule has 5 nitrogen and oxygen atoms in total. The summed E-state index contributed by atoms with van der Waals surface area (Å²) in [4.78, 5) is 11.3. The van der Waals surface area contributed by atoms with Crippen molar-refractivity contribution >= 4 is 46.6 Å². The van der Waals surface area contributed by atoms with Crippen molar-refractivity contribution in [3.8, 4) is 0 Å². The van der Waals surface area contributed by atoms with Crippen LogP contribution in [0, 0.1) is 0 Å². The van der Waals surface area contributed by atoms with Gasteiger partial charge in [-0.1, -0.05) is 12.1 Å². The largest absolute Gasteiger partial charge is 0.346 e. The maximum atomic E-state index is 12.4. The van der Waals surface area contributed by atoms with Crippen LogP contribution in [0.5, 0.6) is 0 Å². The minimum atomic E-state index is -2.40. The molecule has 3 aromatic rings. The van der Waals surface area contributed by atoms with E-state index in [0.29, 0.717) is 11.5 Å². The number of para-hydroxylation sites is 1. The fourth-order valence-electron chi connectivity index (χ4n) is 2.19. The van der Waals surface area contributed by atoms with Crippen molar-refractivity contribution in [3.63, 3.8) is 0 Å². The molecule has 0 aliphatic heterocycles. The van der Waals surface area contributed by atoms with Gasteiger partial charge < -0.3 is 14.9 Å². The Balaban J connectivity index is 2.11. The van der Waals surface area contributed by atoms with E-state index in [9.17, 15) is 4.57 Å². The summed E-state index contributed by atoms with van der Waals surface area (Å²) in [5.41, 5.74) is 1.43. The summed E-state index contributed by atoms with van der Waals surface area (Å²) in [7, 11) is -2.40. The zero-order chi connectivity index (χ0) is 15.0. The summed E-state index contributed by atoms with van der Waals surface area (Å²) < 4.78 is 12.4. The van der Waals surface area contributed by atoms with Crippen molar-refractivity contribution in [3.05, 3.63) is 41.8 Å². The quantitative estimate of drug-likeness (QED) is 0.571. The van der Waals surface area contributed by atoms with Gasteiger partial charge in [0.2, 0.25) is 5.28 Å². The van der Waals surface area contributed by atoms with Gasteiger partial charge in [-0.15, -0.1) is 0 Å². The molecule has 0 amide bonds. The first kappa shape index (κ1) is 14.1. The molecule has 2 heterocycles. The molecule has 7 heteroatoms. The smallest absolute Gasteiger partial charge is 0.226 e. The Morgan fingerprint density at radius 3 is 2.71 bits per heavy atom. The minimum absolute atomic E-state index is 0.154. The van der Waals surface area contributed by atoms with Crippen LogP contribution >= 0.6 is 18.7 Å². The number of rotatable bonds is 3. The predicted molar refractivity (Wildman–Crippen MR) is 87.7 cm³/mol. The standard InChI is InChI=1S/C14H14ClN4OP/c1-21(2,20)11-6-4-3-5-10(11)17-13-9-7-8-16-12(9)18-14(15)19-13/h3-8H,1-2H3,(H2,16,17,18,19). The molecule has 1 aromatic carbocycles. The van der Waals surface area contributed by atoms with Crippen molar-refractivity contribution < 1.29 is 4.57 Å². The fraction of sp³-hybridized carbons (Fsp3) is 0.143. The molecular formula is C14H14ClN4OP. The number of fused-ring (bicyclic) bond motifs is 1. The molecule has 0 radical (unpaired) electrons. The number of H-pyrrole nitrogens is 1. The topological polar surface area (TPSA) is 70.7 Å². The van der Waals surface area contributed by atoms with Crippen LogP contribution in [0.15, 0.2) is 36.5 Å². The summed E-state index contributed by atoms with van der Waals surface area (Å²) >= 11 is 5.94. The van der Waals surface area contributed by atoms with Crippen molar-refractivity contribution in [2.45, 2.75) is 0 Å². The van der Waals surface area contributed by atoms with Gasteiger partial charge in [0.05, 0.1) is 11.1 Å². The summed E-state index contributed by atoms with van der Waals surface area (Å²) in [5, 5.41) is 4.99. The predicted octanol–water partition coefficient (Wildman–Crippen LogP) is 3.60. The molecule has 0 fully saturated rings. The maximum Gasteiger partial charge on any atom is 0.226 e. The first-order valence-electron chi connectivity index (χ1n) is 6.37. The van der Waals surface area contributed by atoms with Crippen LogP contribution in [0.4, 0.5) is 11.5 Å². The van der Waals surface area contributed by atoms with Crippen LogP contribution in [-0.2, 0) is 4.57 Å². The van der Waals surface area contributed by atoms with Gasteiger partial charge in [0.15, 0.2) is 0 Å². The van der Waals surface area contributed by atoms with Gasteiger partial charge >= 0.3 is 0 Å². The number of anilines is 2. The van der Waals surface area contributed by atoms with E-state index in [-0.39, 0.29) is 5.28 Å². The molecule has 0 aliphatic carbocycles. The Labute approximate surface area is 127 Å². The van der Waals surface area contributed by atoms with E-state index in [1.165, 1.54) is 0 Å². The highest BCUT2D eigenvalue weighted by atomic mass is 35.5. The van der Waals surface area contributed by atoms with Crippen LogP contribution in [0.1, 0.15) is 0 Å². The number of benzene rings is 1. The Morgan fingerprint density at radius 2 is 1.95 bits per heavy atom. The van der Waals surface area contributed by atoms with E-state index in [4.69, 9.17) is 11.6 Å². The molecule has 0 saturated carbocycles. The zero-order valence-corrected chi connectivity index (χ0v) is 13.2.